The lowest BCUT2D eigenvalue weighted by Crippen LogP contribution is -2.28. The van der Waals surface area contributed by atoms with Crippen LogP contribution in [-0.4, -0.2) is 30.1 Å². The minimum Gasteiger partial charge on any atom is -0.481 e. The van der Waals surface area contributed by atoms with Crippen LogP contribution in [0.5, 0.6) is 0 Å². The van der Waals surface area contributed by atoms with E-state index in [-0.39, 0.29) is 18.2 Å². The summed E-state index contributed by atoms with van der Waals surface area (Å²) in [6.07, 6.45) is 1.49. The summed E-state index contributed by atoms with van der Waals surface area (Å²) in [5, 5.41) is 11.4. The molecule has 1 unspecified atom stereocenters. The van der Waals surface area contributed by atoms with Gasteiger partial charge in [-0.3, -0.25) is 9.59 Å². The molecule has 5 heteroatoms. The van der Waals surface area contributed by atoms with Crippen molar-refractivity contribution in [2.24, 2.45) is 11.7 Å². The van der Waals surface area contributed by atoms with Crippen LogP contribution in [0.1, 0.15) is 35.7 Å². The summed E-state index contributed by atoms with van der Waals surface area (Å²) < 4.78 is 0. The summed E-state index contributed by atoms with van der Waals surface area (Å²) in [6, 6.07) is 7.36. The zero-order valence-electron chi connectivity index (χ0n) is 11.8. The van der Waals surface area contributed by atoms with E-state index < -0.39 is 5.97 Å². The average molecular weight is 278 g/mol. The standard InChI is InChI=1S/C15H22N2O3/c1-11(2-7-14(18)19)10-17-15(20)13-5-3-12(4-6-13)8-9-16/h3-6,11H,2,7-10,16H2,1H3,(H,17,20)(H,18,19). The van der Waals surface area contributed by atoms with Gasteiger partial charge in [-0.1, -0.05) is 19.1 Å². The molecule has 1 rings (SSSR count). The highest BCUT2D eigenvalue weighted by Gasteiger charge is 2.09. The molecule has 0 saturated carbocycles. The molecule has 1 aromatic carbocycles. The van der Waals surface area contributed by atoms with E-state index >= 15 is 0 Å². The van der Waals surface area contributed by atoms with Crippen molar-refractivity contribution in [2.75, 3.05) is 13.1 Å². The SMILES string of the molecule is CC(CCC(=O)O)CNC(=O)c1ccc(CCN)cc1. The predicted molar refractivity (Wildman–Crippen MR) is 77.6 cm³/mol. The molecular weight excluding hydrogens is 256 g/mol. The van der Waals surface area contributed by atoms with Crippen LogP contribution < -0.4 is 11.1 Å². The molecule has 1 amide bonds. The summed E-state index contributed by atoms with van der Waals surface area (Å²) in [6.45, 7) is 3.00. The second-order valence-corrected chi connectivity index (χ2v) is 4.98. The Bertz CT molecular complexity index is 443. The fourth-order valence-electron chi connectivity index (χ4n) is 1.83. The molecule has 20 heavy (non-hydrogen) atoms. The minimum atomic E-state index is -0.807. The topological polar surface area (TPSA) is 92.4 Å². The van der Waals surface area contributed by atoms with Crippen molar-refractivity contribution in [3.05, 3.63) is 35.4 Å². The first-order valence-corrected chi connectivity index (χ1v) is 6.82. The summed E-state index contributed by atoms with van der Waals surface area (Å²) in [5.74, 6) is -0.795. The van der Waals surface area contributed by atoms with Gasteiger partial charge in [-0.15, -0.1) is 0 Å². The van der Waals surface area contributed by atoms with Crippen LogP contribution >= 0.6 is 0 Å². The van der Waals surface area contributed by atoms with E-state index in [0.717, 1.165) is 12.0 Å². The highest BCUT2D eigenvalue weighted by atomic mass is 16.4. The molecule has 0 aliphatic rings. The van der Waals surface area contributed by atoms with Crippen molar-refractivity contribution in [1.82, 2.24) is 5.32 Å². The number of hydrogen-bond donors (Lipinski definition) is 3. The van der Waals surface area contributed by atoms with Gasteiger partial charge >= 0.3 is 5.97 Å². The number of nitrogens with one attached hydrogen (secondary N) is 1. The number of hydrogen-bond acceptors (Lipinski definition) is 3. The van der Waals surface area contributed by atoms with Gasteiger partial charge in [0.1, 0.15) is 0 Å². The number of benzene rings is 1. The zero-order valence-corrected chi connectivity index (χ0v) is 11.8. The van der Waals surface area contributed by atoms with Crippen LogP contribution in [0.25, 0.3) is 0 Å². The normalized spacial score (nSPS) is 11.9. The number of carbonyl (C=O) groups excluding carboxylic acids is 1. The first-order valence-electron chi connectivity index (χ1n) is 6.82. The third-order valence-electron chi connectivity index (χ3n) is 3.11. The molecule has 0 radical (unpaired) electrons. The van der Waals surface area contributed by atoms with E-state index in [1.165, 1.54) is 0 Å². The van der Waals surface area contributed by atoms with E-state index in [9.17, 15) is 9.59 Å². The number of amides is 1. The number of carboxylic acid groups (broad SMARTS) is 1. The van der Waals surface area contributed by atoms with Gasteiger partial charge in [-0.2, -0.15) is 0 Å². The maximum absolute atomic E-state index is 11.9. The molecule has 0 saturated heterocycles. The van der Waals surface area contributed by atoms with Crippen molar-refractivity contribution in [1.29, 1.82) is 0 Å². The first-order chi connectivity index (χ1) is 9.52. The minimum absolute atomic E-state index is 0.130. The molecule has 4 N–H and O–H groups in total. The van der Waals surface area contributed by atoms with Gasteiger partial charge in [0.05, 0.1) is 0 Å². The van der Waals surface area contributed by atoms with Gasteiger partial charge < -0.3 is 16.2 Å². The first kappa shape index (κ1) is 16.2. The van der Waals surface area contributed by atoms with E-state index in [1.807, 2.05) is 19.1 Å². The fraction of sp³-hybridized carbons (Fsp3) is 0.467. The van der Waals surface area contributed by atoms with Crippen LogP contribution in [-0.2, 0) is 11.2 Å². The summed E-state index contributed by atoms with van der Waals surface area (Å²) in [5.41, 5.74) is 7.19. The van der Waals surface area contributed by atoms with Gasteiger partial charge in [0.2, 0.25) is 0 Å². The Balaban J connectivity index is 2.40. The number of aliphatic carboxylic acids is 1. The molecule has 110 valence electrons. The monoisotopic (exact) mass is 278 g/mol. The van der Waals surface area contributed by atoms with E-state index in [1.54, 1.807) is 12.1 Å². The van der Waals surface area contributed by atoms with Crippen molar-refractivity contribution >= 4 is 11.9 Å². The molecule has 0 heterocycles. The average Bonchev–Trinajstić information content (AvgIpc) is 2.43. The van der Waals surface area contributed by atoms with E-state index in [4.69, 9.17) is 10.8 Å². The van der Waals surface area contributed by atoms with Gasteiger partial charge in [0.25, 0.3) is 5.91 Å². The molecule has 1 atom stereocenters. The lowest BCUT2D eigenvalue weighted by atomic mass is 10.1. The molecule has 0 bridgehead atoms. The van der Waals surface area contributed by atoms with Crippen LogP contribution in [0, 0.1) is 5.92 Å². The van der Waals surface area contributed by atoms with Crippen molar-refractivity contribution in [3.63, 3.8) is 0 Å². The Labute approximate surface area is 119 Å². The number of carboxylic acids is 1. The fourth-order valence-corrected chi connectivity index (χ4v) is 1.83. The van der Waals surface area contributed by atoms with Gasteiger partial charge in [0.15, 0.2) is 0 Å². The van der Waals surface area contributed by atoms with Gasteiger partial charge in [-0.25, -0.2) is 0 Å². The Morgan fingerprint density at radius 2 is 1.95 bits per heavy atom. The maximum atomic E-state index is 11.9. The third kappa shape index (κ3) is 5.84. The zero-order chi connectivity index (χ0) is 15.0. The molecule has 0 fully saturated rings. The number of nitrogens with two attached hydrogens (primary N) is 1. The van der Waals surface area contributed by atoms with Crippen molar-refractivity contribution in [3.8, 4) is 0 Å². The van der Waals surface area contributed by atoms with Crippen LogP contribution in [0.4, 0.5) is 0 Å². The van der Waals surface area contributed by atoms with Crippen molar-refractivity contribution in [2.45, 2.75) is 26.2 Å². The smallest absolute Gasteiger partial charge is 0.303 e. The summed E-state index contributed by atoms with van der Waals surface area (Å²) >= 11 is 0. The molecular formula is C15H22N2O3. The Kier molecular flexibility index (Phi) is 6.73. The van der Waals surface area contributed by atoms with E-state index in [2.05, 4.69) is 5.32 Å². The largest absolute Gasteiger partial charge is 0.481 e. The predicted octanol–water partition coefficient (Wildman–Crippen LogP) is 1.42. The second-order valence-electron chi connectivity index (χ2n) is 4.98. The second kappa shape index (κ2) is 8.32. The summed E-state index contributed by atoms with van der Waals surface area (Å²) in [4.78, 5) is 22.4. The molecule has 5 nitrogen and oxygen atoms in total. The summed E-state index contributed by atoms with van der Waals surface area (Å²) in [7, 11) is 0. The molecule has 1 aromatic rings. The maximum Gasteiger partial charge on any atom is 0.303 e. The van der Waals surface area contributed by atoms with Crippen molar-refractivity contribution < 1.29 is 14.7 Å². The van der Waals surface area contributed by atoms with Crippen LogP contribution in [0.2, 0.25) is 0 Å². The van der Waals surface area contributed by atoms with Gasteiger partial charge in [0, 0.05) is 18.5 Å². The Morgan fingerprint density at radius 3 is 2.50 bits per heavy atom. The van der Waals surface area contributed by atoms with Gasteiger partial charge in [-0.05, 0) is 43.0 Å². The molecule has 0 aliphatic heterocycles. The lowest BCUT2D eigenvalue weighted by Gasteiger charge is -2.11. The Morgan fingerprint density at radius 1 is 1.30 bits per heavy atom. The lowest BCUT2D eigenvalue weighted by molar-refractivity contribution is -0.137. The quantitative estimate of drug-likeness (QED) is 0.670. The Hall–Kier alpha value is -1.88. The van der Waals surface area contributed by atoms with Crippen LogP contribution in [0.3, 0.4) is 0 Å². The van der Waals surface area contributed by atoms with E-state index in [0.29, 0.717) is 25.1 Å². The molecule has 0 aromatic heterocycles. The highest BCUT2D eigenvalue weighted by Crippen LogP contribution is 2.07. The number of rotatable bonds is 8. The number of carbonyl (C=O) groups is 2. The molecule has 0 aliphatic carbocycles. The molecule has 0 spiro atoms. The highest BCUT2D eigenvalue weighted by molar-refractivity contribution is 5.94. The van der Waals surface area contributed by atoms with Crippen LogP contribution in [0.15, 0.2) is 24.3 Å². The third-order valence-corrected chi connectivity index (χ3v) is 3.11.